The molecule has 0 atom stereocenters. The van der Waals surface area contributed by atoms with Crippen LogP contribution in [0.1, 0.15) is 61.9 Å². The normalized spacial score (nSPS) is 19.2. The molecular formula is C18H26N3+. The molecular weight excluding hydrogens is 258 g/mol. The van der Waals surface area contributed by atoms with Crippen LogP contribution in [0, 0.1) is 17.2 Å². The Morgan fingerprint density at radius 3 is 2.48 bits per heavy atom. The van der Waals surface area contributed by atoms with E-state index in [1.54, 1.807) is 0 Å². The zero-order valence-corrected chi connectivity index (χ0v) is 13.3. The van der Waals surface area contributed by atoms with Crippen molar-refractivity contribution in [2.75, 3.05) is 18.0 Å². The van der Waals surface area contributed by atoms with Gasteiger partial charge < -0.3 is 0 Å². The van der Waals surface area contributed by atoms with Crippen molar-refractivity contribution in [1.29, 1.82) is 5.26 Å². The number of aromatic nitrogens is 1. The summed E-state index contributed by atoms with van der Waals surface area (Å²) in [5.74, 6) is 1.91. The predicted octanol–water partition coefficient (Wildman–Crippen LogP) is 3.05. The van der Waals surface area contributed by atoms with Gasteiger partial charge in [-0.05, 0) is 55.6 Å². The zero-order chi connectivity index (χ0) is 14.8. The third-order valence-electron chi connectivity index (χ3n) is 5.21. The van der Waals surface area contributed by atoms with Crippen LogP contribution in [-0.2, 0) is 19.3 Å². The Morgan fingerprint density at radius 2 is 1.86 bits per heavy atom. The number of H-pyrrole nitrogens is 1. The first-order valence-electron chi connectivity index (χ1n) is 8.49. The van der Waals surface area contributed by atoms with Crippen LogP contribution in [0.15, 0.2) is 0 Å². The monoisotopic (exact) mass is 284 g/mol. The van der Waals surface area contributed by atoms with Gasteiger partial charge in [-0.1, -0.05) is 13.8 Å². The average molecular weight is 284 g/mol. The second-order valence-corrected chi connectivity index (χ2v) is 6.63. The minimum atomic E-state index is 0.815. The summed E-state index contributed by atoms with van der Waals surface area (Å²) in [5, 5.41) is 9.72. The molecule has 0 spiro atoms. The molecule has 0 bridgehead atoms. The van der Waals surface area contributed by atoms with Gasteiger partial charge in [-0.15, -0.1) is 0 Å². The van der Waals surface area contributed by atoms with Crippen LogP contribution in [0.3, 0.4) is 0 Å². The maximum absolute atomic E-state index is 9.72. The number of piperidine rings is 1. The van der Waals surface area contributed by atoms with Gasteiger partial charge in [-0.25, -0.2) is 4.98 Å². The van der Waals surface area contributed by atoms with Crippen molar-refractivity contribution in [1.82, 2.24) is 0 Å². The average Bonchev–Trinajstić information content (AvgIpc) is 2.54. The predicted molar refractivity (Wildman–Crippen MR) is 84.3 cm³/mol. The number of fused-ring (bicyclic) bond motifs is 1. The van der Waals surface area contributed by atoms with E-state index >= 15 is 0 Å². The molecule has 1 aromatic heterocycles. The lowest BCUT2D eigenvalue weighted by molar-refractivity contribution is -0.377. The van der Waals surface area contributed by atoms with Gasteiger partial charge in [0.1, 0.15) is 17.3 Å². The largest absolute Gasteiger partial charge is 0.293 e. The highest BCUT2D eigenvalue weighted by Gasteiger charge is 2.30. The van der Waals surface area contributed by atoms with Crippen LogP contribution in [0.25, 0.3) is 0 Å². The van der Waals surface area contributed by atoms with Crippen LogP contribution >= 0.6 is 0 Å². The van der Waals surface area contributed by atoms with Crippen LogP contribution in [-0.4, -0.2) is 13.1 Å². The highest BCUT2D eigenvalue weighted by molar-refractivity contribution is 5.58. The van der Waals surface area contributed by atoms with Crippen molar-refractivity contribution in [2.45, 2.75) is 58.8 Å². The quantitative estimate of drug-likeness (QED) is 0.837. The fraction of sp³-hybridized carbons (Fsp3) is 0.667. The van der Waals surface area contributed by atoms with Gasteiger partial charge in [-0.3, -0.25) is 4.90 Å². The summed E-state index contributed by atoms with van der Waals surface area (Å²) < 4.78 is 0. The van der Waals surface area contributed by atoms with E-state index < -0.39 is 0 Å². The maximum atomic E-state index is 9.72. The van der Waals surface area contributed by atoms with Crippen molar-refractivity contribution in [3.8, 4) is 6.07 Å². The van der Waals surface area contributed by atoms with Gasteiger partial charge in [0.05, 0.1) is 13.1 Å². The molecule has 1 saturated heterocycles. The molecule has 112 valence electrons. The lowest BCUT2D eigenvalue weighted by Crippen LogP contribution is -2.39. The molecule has 1 N–H and O–H groups in total. The summed E-state index contributed by atoms with van der Waals surface area (Å²) >= 11 is 0. The van der Waals surface area contributed by atoms with Gasteiger partial charge in [0, 0.05) is 6.42 Å². The van der Waals surface area contributed by atoms with Crippen LogP contribution in [0.5, 0.6) is 0 Å². The second kappa shape index (κ2) is 6.05. The number of pyridine rings is 1. The highest BCUT2D eigenvalue weighted by atomic mass is 15.2. The Kier molecular flexibility index (Phi) is 4.14. The van der Waals surface area contributed by atoms with Crippen molar-refractivity contribution in [3.63, 3.8) is 0 Å². The topological polar surface area (TPSA) is 41.2 Å². The molecule has 3 heteroatoms. The number of anilines is 1. The molecule has 2 heterocycles. The van der Waals surface area contributed by atoms with E-state index in [1.807, 2.05) is 0 Å². The van der Waals surface area contributed by atoms with Crippen molar-refractivity contribution in [2.24, 2.45) is 5.92 Å². The molecule has 1 aliphatic carbocycles. The summed E-state index contributed by atoms with van der Waals surface area (Å²) in [6.45, 7) is 6.70. The Bertz CT molecular complexity index is 563. The number of aromatic amines is 1. The molecule has 3 rings (SSSR count). The van der Waals surface area contributed by atoms with Crippen molar-refractivity contribution < 1.29 is 4.98 Å². The minimum Gasteiger partial charge on any atom is -0.261 e. The molecule has 0 amide bonds. The summed E-state index contributed by atoms with van der Waals surface area (Å²) in [6, 6.07) is 2.51. The lowest BCUT2D eigenvalue weighted by atomic mass is 9.86. The summed E-state index contributed by atoms with van der Waals surface area (Å²) in [5.41, 5.74) is 5.07. The Hall–Kier alpha value is -1.56. The standard InChI is InChI=1S/C18H25N3/c1-3-17-15-7-5-4-6-14(15)16(12-19)18(20-17)21-10-8-13(2)9-11-21/h13H,3-11H2,1-2H3/p+1. The Labute approximate surface area is 128 Å². The highest BCUT2D eigenvalue weighted by Crippen LogP contribution is 2.31. The molecule has 1 aromatic rings. The fourth-order valence-electron chi connectivity index (χ4n) is 3.83. The number of nitrogens with one attached hydrogen (secondary N) is 1. The maximum Gasteiger partial charge on any atom is 0.293 e. The molecule has 0 aromatic carbocycles. The number of hydrogen-bond donors (Lipinski definition) is 0. The van der Waals surface area contributed by atoms with Crippen LogP contribution < -0.4 is 9.88 Å². The molecule has 2 aliphatic rings. The number of nitriles is 1. The van der Waals surface area contributed by atoms with E-state index in [4.69, 9.17) is 0 Å². The summed E-state index contributed by atoms with van der Waals surface area (Å²) in [6.07, 6.45) is 8.21. The number of hydrogen-bond acceptors (Lipinski definition) is 2. The Balaban J connectivity index is 2.05. The van der Waals surface area contributed by atoms with E-state index in [2.05, 4.69) is 29.8 Å². The minimum absolute atomic E-state index is 0.815. The zero-order valence-electron chi connectivity index (χ0n) is 13.3. The van der Waals surface area contributed by atoms with E-state index in [9.17, 15) is 5.26 Å². The Morgan fingerprint density at radius 1 is 1.19 bits per heavy atom. The van der Waals surface area contributed by atoms with Crippen LogP contribution in [0.2, 0.25) is 0 Å². The van der Waals surface area contributed by atoms with E-state index in [0.29, 0.717) is 0 Å². The lowest BCUT2D eigenvalue weighted by Gasteiger charge is -2.28. The van der Waals surface area contributed by atoms with Gasteiger partial charge in [0.25, 0.3) is 5.82 Å². The molecule has 3 nitrogen and oxygen atoms in total. The van der Waals surface area contributed by atoms with Crippen molar-refractivity contribution in [3.05, 3.63) is 22.4 Å². The summed E-state index contributed by atoms with van der Waals surface area (Å²) in [7, 11) is 0. The first kappa shape index (κ1) is 14.4. The third-order valence-corrected chi connectivity index (χ3v) is 5.21. The molecule has 0 saturated carbocycles. The van der Waals surface area contributed by atoms with Crippen molar-refractivity contribution >= 4 is 5.82 Å². The molecule has 1 aliphatic heterocycles. The van der Waals surface area contributed by atoms with Gasteiger partial charge in [-0.2, -0.15) is 5.26 Å². The van der Waals surface area contributed by atoms with Gasteiger partial charge >= 0.3 is 0 Å². The smallest absolute Gasteiger partial charge is 0.261 e. The first-order chi connectivity index (χ1) is 10.2. The van der Waals surface area contributed by atoms with E-state index in [1.165, 1.54) is 42.5 Å². The SMILES string of the molecule is CCc1[nH+]c(N2CCC(C)CC2)c(C#N)c2c1CCCC2. The first-order valence-corrected chi connectivity index (χ1v) is 8.49. The number of nitrogens with zero attached hydrogens (tertiary/aromatic N) is 2. The molecule has 21 heavy (non-hydrogen) atoms. The number of rotatable bonds is 2. The van der Waals surface area contributed by atoms with E-state index in [-0.39, 0.29) is 0 Å². The van der Waals surface area contributed by atoms with E-state index in [0.717, 1.165) is 49.7 Å². The molecule has 1 fully saturated rings. The number of aryl methyl sites for hydroxylation is 1. The second-order valence-electron chi connectivity index (χ2n) is 6.63. The fourth-order valence-corrected chi connectivity index (χ4v) is 3.83. The summed E-state index contributed by atoms with van der Waals surface area (Å²) in [4.78, 5) is 6.04. The van der Waals surface area contributed by atoms with Gasteiger partial charge in [0.2, 0.25) is 0 Å². The van der Waals surface area contributed by atoms with Crippen LogP contribution in [0.4, 0.5) is 5.82 Å². The molecule has 0 radical (unpaired) electrons. The third kappa shape index (κ3) is 2.64. The van der Waals surface area contributed by atoms with Gasteiger partial charge in [0.15, 0.2) is 0 Å². The molecule has 0 unspecified atom stereocenters.